The molecule has 0 fully saturated rings. The molecule has 0 aliphatic rings. The van der Waals surface area contributed by atoms with Crippen molar-refractivity contribution in [2.24, 2.45) is 0 Å². The fourth-order valence-electron chi connectivity index (χ4n) is 2.41. The van der Waals surface area contributed by atoms with Crippen LogP contribution in [0.1, 0.15) is 15.9 Å². The number of hydrogen-bond acceptors (Lipinski definition) is 5. The Balaban J connectivity index is 1.51. The third kappa shape index (κ3) is 4.80. The number of carbonyl (C=O) groups is 1. The molecule has 3 rings (SSSR count). The first-order valence-electron chi connectivity index (χ1n) is 8.30. The summed E-state index contributed by atoms with van der Waals surface area (Å²) in [5, 5.41) is 5.95. The molecule has 0 aliphatic carbocycles. The van der Waals surface area contributed by atoms with Gasteiger partial charge in [0.25, 0.3) is 5.91 Å². The monoisotopic (exact) mass is 348 g/mol. The van der Waals surface area contributed by atoms with Crippen LogP contribution in [0.5, 0.6) is 5.75 Å². The second kappa shape index (κ2) is 8.62. The average molecular weight is 348 g/mol. The van der Waals surface area contributed by atoms with Gasteiger partial charge in [0.2, 0.25) is 5.95 Å². The molecule has 0 spiro atoms. The van der Waals surface area contributed by atoms with Crippen LogP contribution in [-0.2, 0) is 6.42 Å². The first kappa shape index (κ1) is 17.4. The van der Waals surface area contributed by atoms with Crippen molar-refractivity contribution in [3.05, 3.63) is 78.1 Å². The van der Waals surface area contributed by atoms with Gasteiger partial charge in [-0.3, -0.25) is 4.79 Å². The first-order chi connectivity index (χ1) is 12.7. The largest absolute Gasteiger partial charge is 0.497 e. The molecule has 3 aromatic rings. The summed E-state index contributed by atoms with van der Waals surface area (Å²) in [6.07, 6.45) is 3.75. The van der Waals surface area contributed by atoms with E-state index in [-0.39, 0.29) is 5.91 Å². The normalized spacial score (nSPS) is 10.2. The van der Waals surface area contributed by atoms with Crippen molar-refractivity contribution in [2.75, 3.05) is 19.0 Å². The number of carbonyl (C=O) groups excluding carboxylic acids is 1. The molecule has 1 amide bonds. The smallest absolute Gasteiger partial charge is 0.254 e. The van der Waals surface area contributed by atoms with Gasteiger partial charge in [0.05, 0.1) is 12.7 Å². The van der Waals surface area contributed by atoms with Crippen LogP contribution in [0.15, 0.2) is 67.0 Å². The Kier molecular flexibility index (Phi) is 5.77. The Labute approximate surface area is 152 Å². The van der Waals surface area contributed by atoms with E-state index >= 15 is 0 Å². The van der Waals surface area contributed by atoms with Crippen LogP contribution < -0.4 is 15.4 Å². The number of nitrogens with zero attached hydrogens (tertiary/aromatic N) is 2. The lowest BCUT2D eigenvalue weighted by atomic mass is 10.1. The summed E-state index contributed by atoms with van der Waals surface area (Å²) in [7, 11) is 1.64. The summed E-state index contributed by atoms with van der Waals surface area (Å²) < 4.78 is 5.20. The van der Waals surface area contributed by atoms with E-state index in [0.717, 1.165) is 23.4 Å². The summed E-state index contributed by atoms with van der Waals surface area (Å²) in [4.78, 5) is 20.6. The predicted molar refractivity (Wildman–Crippen MR) is 101 cm³/mol. The van der Waals surface area contributed by atoms with Crippen molar-refractivity contribution >= 4 is 17.5 Å². The van der Waals surface area contributed by atoms with Gasteiger partial charge in [-0.15, -0.1) is 0 Å². The van der Waals surface area contributed by atoms with Gasteiger partial charge in [0.15, 0.2) is 0 Å². The van der Waals surface area contributed by atoms with Crippen LogP contribution >= 0.6 is 0 Å². The van der Waals surface area contributed by atoms with Crippen molar-refractivity contribution in [1.29, 1.82) is 0 Å². The van der Waals surface area contributed by atoms with E-state index in [2.05, 4.69) is 20.6 Å². The number of methoxy groups -OCH3 is 1. The van der Waals surface area contributed by atoms with Crippen LogP contribution in [0, 0.1) is 0 Å². The maximum Gasteiger partial charge on any atom is 0.254 e. The quantitative estimate of drug-likeness (QED) is 0.686. The minimum Gasteiger partial charge on any atom is -0.497 e. The van der Waals surface area contributed by atoms with Crippen molar-refractivity contribution in [1.82, 2.24) is 15.3 Å². The Morgan fingerprint density at radius 1 is 1.04 bits per heavy atom. The Bertz CT molecular complexity index is 851. The molecule has 0 atom stereocenters. The molecule has 6 heteroatoms. The molecule has 0 unspecified atom stereocenters. The highest BCUT2D eigenvalue weighted by Crippen LogP contribution is 2.13. The van der Waals surface area contributed by atoms with Gasteiger partial charge in [0, 0.05) is 24.6 Å². The molecule has 132 valence electrons. The standard InChI is InChI=1S/C20H20N4O2/c1-26-18-9-5-6-15(12-18)10-11-21-19(25)16-13-22-20(23-14-16)24-17-7-3-2-4-8-17/h2-9,12-14H,10-11H2,1H3,(H,21,25)(H,22,23,24). The van der Waals surface area contributed by atoms with Gasteiger partial charge in [-0.25, -0.2) is 9.97 Å². The van der Waals surface area contributed by atoms with E-state index in [1.807, 2.05) is 54.6 Å². The third-order valence-electron chi connectivity index (χ3n) is 3.78. The maximum absolute atomic E-state index is 12.2. The topological polar surface area (TPSA) is 76.1 Å². The summed E-state index contributed by atoms with van der Waals surface area (Å²) in [6.45, 7) is 0.524. The highest BCUT2D eigenvalue weighted by atomic mass is 16.5. The second-order valence-corrected chi connectivity index (χ2v) is 5.64. The molecule has 2 aromatic carbocycles. The number of nitrogens with one attached hydrogen (secondary N) is 2. The number of hydrogen-bond donors (Lipinski definition) is 2. The van der Waals surface area contributed by atoms with Gasteiger partial charge in [0.1, 0.15) is 5.75 Å². The minimum atomic E-state index is -0.195. The van der Waals surface area contributed by atoms with Gasteiger partial charge >= 0.3 is 0 Å². The number of amides is 1. The molecule has 1 heterocycles. The third-order valence-corrected chi connectivity index (χ3v) is 3.78. The van der Waals surface area contributed by atoms with Crippen LogP contribution in [0.4, 0.5) is 11.6 Å². The lowest BCUT2D eigenvalue weighted by Gasteiger charge is -2.07. The van der Waals surface area contributed by atoms with E-state index in [0.29, 0.717) is 18.1 Å². The zero-order valence-electron chi connectivity index (χ0n) is 14.5. The zero-order chi connectivity index (χ0) is 18.2. The first-order valence-corrected chi connectivity index (χ1v) is 8.30. The summed E-state index contributed by atoms with van der Waals surface area (Å²) in [6, 6.07) is 17.4. The number of rotatable bonds is 7. The number of para-hydroxylation sites is 1. The van der Waals surface area contributed by atoms with Crippen molar-refractivity contribution in [3.8, 4) is 5.75 Å². The molecule has 0 saturated carbocycles. The molecule has 26 heavy (non-hydrogen) atoms. The lowest BCUT2D eigenvalue weighted by Crippen LogP contribution is -2.26. The SMILES string of the molecule is COc1cccc(CCNC(=O)c2cnc(Nc3ccccc3)nc2)c1. The predicted octanol–water partition coefficient (Wildman–Crippen LogP) is 3.20. The lowest BCUT2D eigenvalue weighted by molar-refractivity contribution is 0.0953. The highest BCUT2D eigenvalue weighted by Gasteiger charge is 2.07. The van der Waals surface area contributed by atoms with Crippen LogP contribution in [-0.4, -0.2) is 29.5 Å². The number of benzene rings is 2. The average Bonchev–Trinajstić information content (AvgIpc) is 2.69. The Morgan fingerprint density at radius 3 is 2.54 bits per heavy atom. The van der Waals surface area contributed by atoms with Gasteiger partial charge in [-0.2, -0.15) is 0 Å². The zero-order valence-corrected chi connectivity index (χ0v) is 14.5. The molecule has 0 bridgehead atoms. The molecule has 1 aromatic heterocycles. The maximum atomic E-state index is 12.2. The van der Waals surface area contributed by atoms with Crippen molar-refractivity contribution in [2.45, 2.75) is 6.42 Å². The van der Waals surface area contributed by atoms with E-state index in [9.17, 15) is 4.79 Å². The van der Waals surface area contributed by atoms with E-state index in [4.69, 9.17) is 4.74 Å². The fourth-order valence-corrected chi connectivity index (χ4v) is 2.41. The summed E-state index contributed by atoms with van der Waals surface area (Å²) in [5.41, 5.74) is 2.42. The Hall–Kier alpha value is -3.41. The van der Waals surface area contributed by atoms with Gasteiger partial charge < -0.3 is 15.4 Å². The van der Waals surface area contributed by atoms with Crippen LogP contribution in [0.3, 0.4) is 0 Å². The van der Waals surface area contributed by atoms with E-state index in [1.54, 1.807) is 7.11 Å². The van der Waals surface area contributed by atoms with E-state index < -0.39 is 0 Å². The van der Waals surface area contributed by atoms with Crippen LogP contribution in [0.2, 0.25) is 0 Å². The van der Waals surface area contributed by atoms with E-state index in [1.165, 1.54) is 12.4 Å². The fraction of sp³-hybridized carbons (Fsp3) is 0.150. The minimum absolute atomic E-state index is 0.195. The number of anilines is 2. The number of ether oxygens (including phenoxy) is 1. The van der Waals surface area contributed by atoms with Crippen molar-refractivity contribution in [3.63, 3.8) is 0 Å². The highest BCUT2D eigenvalue weighted by molar-refractivity contribution is 5.93. The molecule has 0 saturated heterocycles. The number of aromatic nitrogens is 2. The molecule has 6 nitrogen and oxygen atoms in total. The molecular weight excluding hydrogens is 328 g/mol. The molecule has 2 N–H and O–H groups in total. The Morgan fingerprint density at radius 2 is 1.81 bits per heavy atom. The summed E-state index contributed by atoms with van der Waals surface area (Å²) in [5.74, 6) is 1.06. The summed E-state index contributed by atoms with van der Waals surface area (Å²) >= 11 is 0. The van der Waals surface area contributed by atoms with Gasteiger partial charge in [-0.1, -0.05) is 30.3 Å². The second-order valence-electron chi connectivity index (χ2n) is 5.64. The molecular formula is C20H20N4O2. The van der Waals surface area contributed by atoms with Gasteiger partial charge in [-0.05, 0) is 36.2 Å². The van der Waals surface area contributed by atoms with Crippen LogP contribution in [0.25, 0.3) is 0 Å². The molecule has 0 aliphatic heterocycles. The molecule has 0 radical (unpaired) electrons. The van der Waals surface area contributed by atoms with Crippen molar-refractivity contribution < 1.29 is 9.53 Å².